The summed E-state index contributed by atoms with van der Waals surface area (Å²) in [6, 6.07) is 6.49. The second-order valence-electron chi connectivity index (χ2n) is 5.92. The fourth-order valence-electron chi connectivity index (χ4n) is 2.42. The highest BCUT2D eigenvalue weighted by Gasteiger charge is 2.18. The van der Waals surface area contributed by atoms with E-state index in [9.17, 15) is 0 Å². The van der Waals surface area contributed by atoms with E-state index in [4.69, 9.17) is 15.2 Å². The minimum Gasteiger partial charge on any atom is -0.493 e. The van der Waals surface area contributed by atoms with Crippen molar-refractivity contribution in [3.63, 3.8) is 0 Å². The standard InChI is InChI=1S/C16H25NO2/c1-16(2,18-3)9-10-19-13-8-7-12-5-4-6-15(17)14(12)11-13/h7-8,11,15H,4-6,9-10,17H2,1-3H3/t15-/m1/s1. The van der Waals surface area contributed by atoms with Crippen LogP contribution < -0.4 is 10.5 Å². The van der Waals surface area contributed by atoms with Gasteiger partial charge in [-0.1, -0.05) is 6.07 Å². The average molecular weight is 263 g/mol. The van der Waals surface area contributed by atoms with Crippen molar-refractivity contribution >= 4 is 0 Å². The Hall–Kier alpha value is -1.06. The first kappa shape index (κ1) is 14.4. The lowest BCUT2D eigenvalue weighted by molar-refractivity contribution is 0.00544. The number of rotatable bonds is 5. The molecule has 3 heteroatoms. The van der Waals surface area contributed by atoms with E-state index in [2.05, 4.69) is 32.0 Å². The van der Waals surface area contributed by atoms with E-state index in [1.165, 1.54) is 17.5 Å². The van der Waals surface area contributed by atoms with Crippen LogP contribution in [0.25, 0.3) is 0 Å². The Balaban J connectivity index is 1.97. The Morgan fingerprint density at radius 1 is 1.37 bits per heavy atom. The Kier molecular flexibility index (Phi) is 4.48. The third-order valence-corrected chi connectivity index (χ3v) is 4.00. The van der Waals surface area contributed by atoms with Crippen LogP contribution in [0.1, 0.15) is 50.3 Å². The zero-order chi connectivity index (χ0) is 13.9. The maximum Gasteiger partial charge on any atom is 0.119 e. The van der Waals surface area contributed by atoms with E-state index < -0.39 is 0 Å². The Morgan fingerprint density at radius 3 is 2.89 bits per heavy atom. The predicted molar refractivity (Wildman–Crippen MR) is 77.5 cm³/mol. The minimum absolute atomic E-state index is 0.134. The molecule has 19 heavy (non-hydrogen) atoms. The molecule has 0 saturated heterocycles. The maximum atomic E-state index is 6.16. The summed E-state index contributed by atoms with van der Waals surface area (Å²) in [4.78, 5) is 0. The van der Waals surface area contributed by atoms with E-state index in [0.29, 0.717) is 6.61 Å². The van der Waals surface area contributed by atoms with Crippen LogP contribution in [0.5, 0.6) is 5.75 Å². The van der Waals surface area contributed by atoms with Gasteiger partial charge in [0.2, 0.25) is 0 Å². The van der Waals surface area contributed by atoms with Crippen molar-refractivity contribution in [1.29, 1.82) is 0 Å². The number of fused-ring (bicyclic) bond motifs is 1. The number of aryl methyl sites for hydroxylation is 1. The van der Waals surface area contributed by atoms with Crippen LogP contribution >= 0.6 is 0 Å². The molecule has 0 aromatic heterocycles. The molecular weight excluding hydrogens is 238 g/mol. The van der Waals surface area contributed by atoms with E-state index >= 15 is 0 Å². The monoisotopic (exact) mass is 263 g/mol. The molecule has 0 amide bonds. The largest absolute Gasteiger partial charge is 0.493 e. The SMILES string of the molecule is COC(C)(C)CCOc1ccc2c(c1)[C@H](N)CCC2. The summed E-state index contributed by atoms with van der Waals surface area (Å²) in [6.45, 7) is 4.80. The number of benzene rings is 1. The first-order chi connectivity index (χ1) is 9.02. The van der Waals surface area contributed by atoms with Gasteiger partial charge in [-0.25, -0.2) is 0 Å². The van der Waals surface area contributed by atoms with Crippen LogP contribution in [0.2, 0.25) is 0 Å². The maximum absolute atomic E-state index is 6.16. The van der Waals surface area contributed by atoms with Gasteiger partial charge < -0.3 is 15.2 Å². The molecule has 106 valence electrons. The highest BCUT2D eigenvalue weighted by atomic mass is 16.5. The predicted octanol–water partition coefficient (Wildman–Crippen LogP) is 3.22. The van der Waals surface area contributed by atoms with Crippen molar-refractivity contribution in [1.82, 2.24) is 0 Å². The molecule has 0 spiro atoms. The topological polar surface area (TPSA) is 44.5 Å². The van der Waals surface area contributed by atoms with E-state index in [1.807, 2.05) is 0 Å². The van der Waals surface area contributed by atoms with Gasteiger partial charge in [-0.3, -0.25) is 0 Å². The van der Waals surface area contributed by atoms with Gasteiger partial charge in [-0.2, -0.15) is 0 Å². The smallest absolute Gasteiger partial charge is 0.119 e. The third kappa shape index (κ3) is 3.71. The Morgan fingerprint density at radius 2 is 2.16 bits per heavy atom. The van der Waals surface area contributed by atoms with Gasteiger partial charge in [-0.05, 0) is 56.4 Å². The highest BCUT2D eigenvalue weighted by Crippen LogP contribution is 2.31. The summed E-state index contributed by atoms with van der Waals surface area (Å²) in [7, 11) is 1.73. The van der Waals surface area contributed by atoms with Gasteiger partial charge in [0.1, 0.15) is 5.75 Å². The molecule has 0 bridgehead atoms. The zero-order valence-corrected chi connectivity index (χ0v) is 12.2. The van der Waals surface area contributed by atoms with Crippen molar-refractivity contribution in [2.75, 3.05) is 13.7 Å². The van der Waals surface area contributed by atoms with Crippen LogP contribution in [-0.2, 0) is 11.2 Å². The molecule has 0 saturated carbocycles. The molecule has 1 aliphatic carbocycles. The average Bonchev–Trinajstić information content (AvgIpc) is 2.39. The Labute approximate surface area is 116 Å². The molecule has 1 atom stereocenters. The quantitative estimate of drug-likeness (QED) is 0.887. The van der Waals surface area contributed by atoms with E-state index in [1.54, 1.807) is 7.11 Å². The second kappa shape index (κ2) is 5.93. The molecule has 0 radical (unpaired) electrons. The van der Waals surface area contributed by atoms with Crippen LogP contribution in [0, 0.1) is 0 Å². The number of methoxy groups -OCH3 is 1. The van der Waals surface area contributed by atoms with Crippen molar-refractivity contribution in [2.45, 2.75) is 51.2 Å². The van der Waals surface area contributed by atoms with Gasteiger partial charge in [0.05, 0.1) is 12.2 Å². The van der Waals surface area contributed by atoms with Crippen LogP contribution in [0.4, 0.5) is 0 Å². The zero-order valence-electron chi connectivity index (χ0n) is 12.2. The molecule has 1 aromatic carbocycles. The number of hydrogen-bond acceptors (Lipinski definition) is 3. The first-order valence-electron chi connectivity index (χ1n) is 7.08. The lowest BCUT2D eigenvalue weighted by Crippen LogP contribution is -2.25. The fourth-order valence-corrected chi connectivity index (χ4v) is 2.42. The summed E-state index contributed by atoms with van der Waals surface area (Å²) >= 11 is 0. The molecule has 3 nitrogen and oxygen atoms in total. The molecule has 0 heterocycles. The van der Waals surface area contributed by atoms with Crippen molar-refractivity contribution in [3.05, 3.63) is 29.3 Å². The normalized spacial score (nSPS) is 19.1. The first-order valence-corrected chi connectivity index (χ1v) is 7.08. The summed E-state index contributed by atoms with van der Waals surface area (Å²) in [5, 5.41) is 0. The highest BCUT2D eigenvalue weighted by molar-refractivity contribution is 5.39. The van der Waals surface area contributed by atoms with Gasteiger partial charge in [0.25, 0.3) is 0 Å². The third-order valence-electron chi connectivity index (χ3n) is 4.00. The molecule has 0 aliphatic heterocycles. The van der Waals surface area contributed by atoms with E-state index in [0.717, 1.165) is 25.0 Å². The summed E-state index contributed by atoms with van der Waals surface area (Å²) in [5.41, 5.74) is 8.66. The Bertz CT molecular complexity index is 429. The fraction of sp³-hybridized carbons (Fsp3) is 0.625. The van der Waals surface area contributed by atoms with Crippen molar-refractivity contribution < 1.29 is 9.47 Å². The van der Waals surface area contributed by atoms with Crippen LogP contribution in [0.3, 0.4) is 0 Å². The lowest BCUT2D eigenvalue weighted by Gasteiger charge is -2.24. The lowest BCUT2D eigenvalue weighted by atomic mass is 9.88. The number of hydrogen-bond donors (Lipinski definition) is 1. The van der Waals surface area contributed by atoms with Gasteiger partial charge in [0, 0.05) is 19.6 Å². The van der Waals surface area contributed by atoms with Crippen molar-refractivity contribution in [3.8, 4) is 5.75 Å². The molecular formula is C16H25NO2. The number of nitrogens with two attached hydrogens (primary N) is 1. The number of ether oxygens (including phenoxy) is 2. The molecule has 1 aliphatic rings. The van der Waals surface area contributed by atoms with Gasteiger partial charge in [0.15, 0.2) is 0 Å². The van der Waals surface area contributed by atoms with Gasteiger partial charge in [-0.15, -0.1) is 0 Å². The molecule has 1 aromatic rings. The molecule has 0 unspecified atom stereocenters. The minimum atomic E-state index is -0.134. The summed E-state index contributed by atoms with van der Waals surface area (Å²) < 4.78 is 11.2. The second-order valence-corrected chi connectivity index (χ2v) is 5.92. The van der Waals surface area contributed by atoms with E-state index in [-0.39, 0.29) is 11.6 Å². The van der Waals surface area contributed by atoms with Crippen molar-refractivity contribution in [2.24, 2.45) is 5.73 Å². The molecule has 2 rings (SSSR count). The summed E-state index contributed by atoms with van der Waals surface area (Å²) in [6.07, 6.45) is 4.27. The van der Waals surface area contributed by atoms with Crippen LogP contribution in [-0.4, -0.2) is 19.3 Å². The molecule has 0 fully saturated rings. The van der Waals surface area contributed by atoms with Crippen LogP contribution in [0.15, 0.2) is 18.2 Å². The summed E-state index contributed by atoms with van der Waals surface area (Å²) in [5.74, 6) is 0.919. The molecule has 2 N–H and O–H groups in total. The van der Waals surface area contributed by atoms with Gasteiger partial charge >= 0.3 is 0 Å².